The molecule has 3 aromatic rings. The third-order valence-electron chi connectivity index (χ3n) is 4.22. The van der Waals surface area contributed by atoms with Crippen LogP contribution in [0.1, 0.15) is 26.3 Å². The minimum absolute atomic E-state index is 0.242. The summed E-state index contributed by atoms with van der Waals surface area (Å²) in [4.78, 5) is 25.0. The maximum atomic E-state index is 12.6. The molecule has 3 aromatic carbocycles. The third kappa shape index (κ3) is 4.90. The molecule has 3 rings (SSSR count). The highest BCUT2D eigenvalue weighted by Gasteiger charge is 2.13. The van der Waals surface area contributed by atoms with Crippen molar-refractivity contribution in [1.82, 2.24) is 0 Å². The van der Waals surface area contributed by atoms with E-state index in [9.17, 15) is 9.59 Å². The first-order valence-electron chi connectivity index (χ1n) is 8.93. The van der Waals surface area contributed by atoms with Crippen molar-refractivity contribution in [2.24, 2.45) is 0 Å². The molecule has 0 saturated heterocycles. The number of hydrogen-bond acceptors (Lipinski definition) is 5. The van der Waals surface area contributed by atoms with E-state index >= 15 is 0 Å². The second kappa shape index (κ2) is 9.37. The highest BCUT2D eigenvalue weighted by atomic mass is 16.5. The molecule has 0 heterocycles. The molecular weight excluding hydrogens is 368 g/mol. The lowest BCUT2D eigenvalue weighted by Crippen LogP contribution is -2.09. The minimum Gasteiger partial charge on any atom is -0.497 e. The van der Waals surface area contributed by atoms with Crippen LogP contribution in [0.25, 0.3) is 6.08 Å². The molecule has 5 nitrogen and oxygen atoms in total. The Kier molecular flexibility index (Phi) is 6.43. The molecule has 0 bridgehead atoms. The summed E-state index contributed by atoms with van der Waals surface area (Å²) in [5.41, 5.74) is 1.46. The lowest BCUT2D eigenvalue weighted by atomic mass is 10.1. The van der Waals surface area contributed by atoms with E-state index in [0.29, 0.717) is 33.9 Å². The van der Waals surface area contributed by atoms with Gasteiger partial charge in [0.2, 0.25) is 0 Å². The van der Waals surface area contributed by atoms with Crippen molar-refractivity contribution in [3.05, 3.63) is 95.6 Å². The van der Waals surface area contributed by atoms with Crippen LogP contribution in [0.5, 0.6) is 17.2 Å². The maximum absolute atomic E-state index is 12.6. The topological polar surface area (TPSA) is 61.8 Å². The molecule has 0 radical (unpaired) electrons. The average Bonchev–Trinajstić information content (AvgIpc) is 2.78. The molecule has 0 aliphatic carbocycles. The van der Waals surface area contributed by atoms with E-state index in [1.54, 1.807) is 79.9 Å². The smallest absolute Gasteiger partial charge is 0.343 e. The number of allylic oxidation sites excluding steroid dienone is 1. The molecule has 0 amide bonds. The van der Waals surface area contributed by atoms with Crippen molar-refractivity contribution in [2.45, 2.75) is 0 Å². The Morgan fingerprint density at radius 3 is 2.24 bits per heavy atom. The van der Waals surface area contributed by atoms with Gasteiger partial charge in [-0.25, -0.2) is 4.79 Å². The Morgan fingerprint density at radius 2 is 1.52 bits per heavy atom. The summed E-state index contributed by atoms with van der Waals surface area (Å²) in [6.07, 6.45) is 3.03. The Morgan fingerprint density at radius 1 is 0.793 bits per heavy atom. The van der Waals surface area contributed by atoms with Crippen LogP contribution in [-0.4, -0.2) is 26.0 Å². The summed E-state index contributed by atoms with van der Waals surface area (Å²) >= 11 is 0. The highest BCUT2D eigenvalue weighted by molar-refractivity contribution is 6.09. The second-order valence-electron chi connectivity index (χ2n) is 6.06. The van der Waals surface area contributed by atoms with Gasteiger partial charge in [-0.1, -0.05) is 36.4 Å². The number of carbonyl (C=O) groups excluding carboxylic acids is 2. The van der Waals surface area contributed by atoms with Gasteiger partial charge in [0, 0.05) is 11.6 Å². The van der Waals surface area contributed by atoms with E-state index in [4.69, 9.17) is 14.2 Å². The predicted octanol–water partition coefficient (Wildman–Crippen LogP) is 4.82. The fraction of sp³-hybridized carbons (Fsp3) is 0.0833. The molecule has 5 heteroatoms. The van der Waals surface area contributed by atoms with Crippen molar-refractivity contribution in [3.8, 4) is 17.2 Å². The molecule has 0 fully saturated rings. The summed E-state index contributed by atoms with van der Waals surface area (Å²) in [5, 5.41) is 0. The maximum Gasteiger partial charge on any atom is 0.343 e. The van der Waals surface area contributed by atoms with Crippen molar-refractivity contribution in [2.75, 3.05) is 14.2 Å². The molecule has 146 valence electrons. The molecule has 0 atom stereocenters. The quantitative estimate of drug-likeness (QED) is 0.251. The van der Waals surface area contributed by atoms with Gasteiger partial charge in [-0.05, 0) is 42.5 Å². The van der Waals surface area contributed by atoms with Crippen molar-refractivity contribution in [3.63, 3.8) is 0 Å². The largest absolute Gasteiger partial charge is 0.497 e. The van der Waals surface area contributed by atoms with E-state index in [-0.39, 0.29) is 5.78 Å². The molecule has 0 N–H and O–H groups in total. The standard InChI is InChI=1S/C24H20O5/c1-27-19-13-14-20(23(16-19)28-2)21(25)15-12-17-8-6-7-11-22(17)29-24(26)18-9-4-3-5-10-18/h3-16H,1-2H3. The van der Waals surface area contributed by atoms with Crippen LogP contribution in [-0.2, 0) is 0 Å². The Bertz CT molecular complexity index is 1040. The molecule has 0 saturated carbocycles. The minimum atomic E-state index is -0.463. The fourth-order valence-electron chi connectivity index (χ4n) is 2.70. The molecule has 29 heavy (non-hydrogen) atoms. The molecule has 0 unspecified atom stereocenters. The van der Waals surface area contributed by atoms with Gasteiger partial charge >= 0.3 is 5.97 Å². The molecular formula is C24H20O5. The van der Waals surface area contributed by atoms with Crippen molar-refractivity contribution < 1.29 is 23.8 Å². The lowest BCUT2D eigenvalue weighted by molar-refractivity contribution is 0.0734. The number of carbonyl (C=O) groups is 2. The van der Waals surface area contributed by atoms with Gasteiger partial charge in [0.25, 0.3) is 0 Å². The number of ether oxygens (including phenoxy) is 3. The first kappa shape index (κ1) is 19.9. The Balaban J connectivity index is 1.81. The number of benzene rings is 3. The summed E-state index contributed by atoms with van der Waals surface area (Å²) in [6.45, 7) is 0. The Hall–Kier alpha value is -3.86. The zero-order chi connectivity index (χ0) is 20.6. The van der Waals surface area contributed by atoms with Crippen LogP contribution in [0.15, 0.2) is 78.9 Å². The van der Waals surface area contributed by atoms with Crippen molar-refractivity contribution >= 4 is 17.8 Å². The highest BCUT2D eigenvalue weighted by Crippen LogP contribution is 2.26. The van der Waals surface area contributed by atoms with E-state index < -0.39 is 5.97 Å². The number of para-hydroxylation sites is 1. The number of methoxy groups -OCH3 is 2. The van der Waals surface area contributed by atoms with Gasteiger partial charge < -0.3 is 14.2 Å². The van der Waals surface area contributed by atoms with E-state index in [2.05, 4.69) is 0 Å². The Labute approximate surface area is 169 Å². The second-order valence-corrected chi connectivity index (χ2v) is 6.06. The summed E-state index contributed by atoms with van der Waals surface area (Å²) < 4.78 is 15.9. The number of ketones is 1. The van der Waals surface area contributed by atoms with Crippen LogP contribution in [0.3, 0.4) is 0 Å². The van der Waals surface area contributed by atoms with Crippen LogP contribution >= 0.6 is 0 Å². The van der Waals surface area contributed by atoms with E-state index in [0.717, 1.165) is 0 Å². The third-order valence-corrected chi connectivity index (χ3v) is 4.22. The van der Waals surface area contributed by atoms with Crippen LogP contribution < -0.4 is 14.2 Å². The van der Waals surface area contributed by atoms with Crippen LogP contribution in [0.4, 0.5) is 0 Å². The van der Waals surface area contributed by atoms with E-state index in [1.807, 2.05) is 6.07 Å². The average molecular weight is 388 g/mol. The van der Waals surface area contributed by atoms with Gasteiger partial charge in [-0.3, -0.25) is 4.79 Å². The number of esters is 1. The van der Waals surface area contributed by atoms with Gasteiger partial charge in [0.15, 0.2) is 5.78 Å². The van der Waals surface area contributed by atoms with Crippen molar-refractivity contribution in [1.29, 1.82) is 0 Å². The van der Waals surface area contributed by atoms with Crippen LogP contribution in [0, 0.1) is 0 Å². The fourth-order valence-corrected chi connectivity index (χ4v) is 2.70. The first-order chi connectivity index (χ1) is 14.1. The number of rotatable bonds is 7. The normalized spacial score (nSPS) is 10.6. The molecule has 0 spiro atoms. The summed E-state index contributed by atoms with van der Waals surface area (Å²) in [5.74, 6) is 0.679. The molecule has 0 aromatic heterocycles. The van der Waals surface area contributed by atoms with Gasteiger partial charge in [-0.2, -0.15) is 0 Å². The zero-order valence-corrected chi connectivity index (χ0v) is 16.1. The molecule has 0 aliphatic heterocycles. The van der Waals surface area contributed by atoms with Gasteiger partial charge in [0.05, 0.1) is 25.3 Å². The monoisotopic (exact) mass is 388 g/mol. The van der Waals surface area contributed by atoms with E-state index in [1.165, 1.54) is 13.2 Å². The lowest BCUT2D eigenvalue weighted by Gasteiger charge is -2.09. The predicted molar refractivity (Wildman–Crippen MR) is 111 cm³/mol. The van der Waals surface area contributed by atoms with Gasteiger partial charge in [0.1, 0.15) is 17.2 Å². The SMILES string of the molecule is COc1ccc(C(=O)C=Cc2ccccc2OC(=O)c2ccccc2)c(OC)c1. The summed E-state index contributed by atoms with van der Waals surface area (Å²) in [7, 11) is 3.04. The number of hydrogen-bond donors (Lipinski definition) is 0. The first-order valence-corrected chi connectivity index (χ1v) is 8.93. The summed E-state index contributed by atoms with van der Waals surface area (Å²) in [6, 6.07) is 20.7. The van der Waals surface area contributed by atoms with Gasteiger partial charge in [-0.15, -0.1) is 0 Å². The van der Waals surface area contributed by atoms with Crippen LogP contribution in [0.2, 0.25) is 0 Å². The zero-order valence-electron chi connectivity index (χ0n) is 16.1. The molecule has 0 aliphatic rings.